The van der Waals surface area contributed by atoms with Crippen LogP contribution in [-0.4, -0.2) is 39.5 Å². The molecular formula is C22H20FNO4S2. The first-order valence-corrected chi connectivity index (χ1v) is 12.3. The zero-order valence-corrected chi connectivity index (χ0v) is 17.8. The first-order chi connectivity index (χ1) is 14.2. The summed E-state index contributed by atoms with van der Waals surface area (Å²) < 4.78 is 65.1. The molecule has 0 aliphatic carbocycles. The Morgan fingerprint density at radius 1 is 0.800 bits per heavy atom. The molecule has 0 radical (unpaired) electrons. The molecule has 0 saturated carbocycles. The maximum Gasteiger partial charge on any atom is 0.243 e. The van der Waals surface area contributed by atoms with E-state index < -0.39 is 30.9 Å². The van der Waals surface area contributed by atoms with Crippen molar-refractivity contribution in [2.75, 3.05) is 13.1 Å². The molecule has 1 fully saturated rings. The minimum Gasteiger partial charge on any atom is -0.223 e. The van der Waals surface area contributed by atoms with E-state index in [9.17, 15) is 21.2 Å². The maximum atomic E-state index is 13.1. The molecule has 1 aliphatic heterocycles. The van der Waals surface area contributed by atoms with Crippen molar-refractivity contribution in [1.29, 1.82) is 0 Å². The fourth-order valence-corrected chi connectivity index (χ4v) is 6.78. The third-order valence-electron chi connectivity index (χ3n) is 5.24. The number of aryl methyl sites for hydroxylation is 1. The van der Waals surface area contributed by atoms with Crippen LogP contribution in [0.25, 0.3) is 11.1 Å². The van der Waals surface area contributed by atoms with Crippen molar-refractivity contribution in [3.63, 3.8) is 0 Å². The molecule has 1 saturated heterocycles. The van der Waals surface area contributed by atoms with Gasteiger partial charge in [-0.05, 0) is 54.4 Å². The molecule has 0 N–H and O–H groups in total. The van der Waals surface area contributed by atoms with Crippen LogP contribution < -0.4 is 0 Å². The number of sulfonamides is 1. The van der Waals surface area contributed by atoms with Gasteiger partial charge >= 0.3 is 0 Å². The number of hydrogen-bond acceptors (Lipinski definition) is 4. The summed E-state index contributed by atoms with van der Waals surface area (Å²) in [4.78, 5) is 0.116. The third kappa shape index (κ3) is 3.78. The molecule has 0 spiro atoms. The molecule has 30 heavy (non-hydrogen) atoms. The van der Waals surface area contributed by atoms with Gasteiger partial charge in [0.25, 0.3) is 0 Å². The second-order valence-corrected chi connectivity index (χ2v) is 11.5. The molecule has 5 nitrogen and oxygen atoms in total. The Hall–Kier alpha value is -2.55. The molecule has 0 unspecified atom stereocenters. The lowest BCUT2D eigenvalue weighted by molar-refractivity contribution is 0.309. The average molecular weight is 446 g/mol. The van der Waals surface area contributed by atoms with Gasteiger partial charge in [0.1, 0.15) is 5.82 Å². The Bertz CT molecular complexity index is 1280. The summed E-state index contributed by atoms with van der Waals surface area (Å²) in [7, 11) is -7.50. The van der Waals surface area contributed by atoms with E-state index in [2.05, 4.69) is 0 Å². The summed E-state index contributed by atoms with van der Waals surface area (Å²) in [6, 6.07) is 19.0. The Labute approximate surface area is 175 Å². The number of halogens is 1. The molecule has 4 rings (SSSR count). The number of hydrogen-bond donors (Lipinski definition) is 0. The second-order valence-electron chi connectivity index (χ2n) is 7.34. The van der Waals surface area contributed by atoms with Crippen LogP contribution in [0.1, 0.15) is 5.56 Å². The first kappa shape index (κ1) is 20.7. The van der Waals surface area contributed by atoms with Gasteiger partial charge in [0, 0.05) is 13.1 Å². The minimum absolute atomic E-state index is 0.00606. The fourth-order valence-electron chi connectivity index (χ4n) is 3.40. The summed E-state index contributed by atoms with van der Waals surface area (Å²) in [5.41, 5.74) is 3.00. The molecule has 0 bridgehead atoms. The number of nitrogens with zero attached hydrogens (tertiary/aromatic N) is 1. The number of sulfone groups is 1. The van der Waals surface area contributed by atoms with E-state index >= 15 is 0 Å². The number of benzene rings is 3. The molecule has 0 amide bonds. The topological polar surface area (TPSA) is 71.5 Å². The Kier molecular flexibility index (Phi) is 5.25. The normalized spacial score (nSPS) is 15.7. The minimum atomic E-state index is -3.78. The SMILES string of the molecule is Cc1cccc(-c2ccc(S(=O)(=O)N3CC(S(=O)(=O)c4ccc(F)cc4)C3)cc2)c1. The Balaban J connectivity index is 1.49. The van der Waals surface area contributed by atoms with Crippen LogP contribution in [0.4, 0.5) is 4.39 Å². The van der Waals surface area contributed by atoms with Gasteiger partial charge in [-0.3, -0.25) is 0 Å². The largest absolute Gasteiger partial charge is 0.243 e. The maximum absolute atomic E-state index is 13.1. The molecule has 1 aliphatic rings. The van der Waals surface area contributed by atoms with Crippen LogP contribution in [0.2, 0.25) is 0 Å². The summed E-state index contributed by atoms with van der Waals surface area (Å²) in [5, 5.41) is -0.843. The van der Waals surface area contributed by atoms with Crippen LogP contribution in [0.15, 0.2) is 82.6 Å². The quantitative estimate of drug-likeness (QED) is 0.562. The smallest absolute Gasteiger partial charge is 0.223 e. The summed E-state index contributed by atoms with van der Waals surface area (Å²) in [6.45, 7) is 1.74. The van der Waals surface area contributed by atoms with Gasteiger partial charge in [-0.2, -0.15) is 4.31 Å². The van der Waals surface area contributed by atoms with Crippen molar-refractivity contribution in [2.24, 2.45) is 0 Å². The lowest BCUT2D eigenvalue weighted by Gasteiger charge is -2.37. The molecule has 0 atom stereocenters. The van der Waals surface area contributed by atoms with Crippen molar-refractivity contribution in [3.8, 4) is 11.1 Å². The van der Waals surface area contributed by atoms with Gasteiger partial charge in [0.2, 0.25) is 10.0 Å². The second kappa shape index (κ2) is 7.61. The fraction of sp³-hybridized carbons (Fsp3) is 0.182. The van der Waals surface area contributed by atoms with Crippen molar-refractivity contribution >= 4 is 19.9 Å². The van der Waals surface area contributed by atoms with Crippen LogP contribution in [0, 0.1) is 12.7 Å². The molecule has 3 aromatic rings. The van der Waals surface area contributed by atoms with E-state index in [1.807, 2.05) is 31.2 Å². The zero-order valence-electron chi connectivity index (χ0n) is 16.2. The van der Waals surface area contributed by atoms with Gasteiger partial charge < -0.3 is 0 Å². The monoisotopic (exact) mass is 445 g/mol. The summed E-state index contributed by atoms with van der Waals surface area (Å²) in [6.07, 6.45) is 0. The Morgan fingerprint density at radius 3 is 2.00 bits per heavy atom. The number of rotatable bonds is 5. The average Bonchev–Trinajstić information content (AvgIpc) is 2.67. The van der Waals surface area contributed by atoms with Crippen molar-refractivity contribution in [2.45, 2.75) is 22.0 Å². The first-order valence-electron chi connectivity index (χ1n) is 9.35. The van der Waals surface area contributed by atoms with Crippen LogP contribution >= 0.6 is 0 Å². The van der Waals surface area contributed by atoms with Crippen molar-refractivity contribution in [3.05, 3.63) is 84.2 Å². The summed E-state index contributed by atoms with van der Waals surface area (Å²) >= 11 is 0. The van der Waals surface area contributed by atoms with Crippen molar-refractivity contribution < 1.29 is 21.2 Å². The van der Waals surface area contributed by atoms with Gasteiger partial charge in [-0.25, -0.2) is 21.2 Å². The van der Waals surface area contributed by atoms with E-state index in [4.69, 9.17) is 0 Å². The van der Waals surface area contributed by atoms with Crippen molar-refractivity contribution in [1.82, 2.24) is 4.31 Å². The standard InChI is InChI=1S/C22H20FNO4S2/c1-16-3-2-4-18(13-16)17-5-9-21(10-6-17)30(27,28)24-14-22(15-24)29(25,26)20-11-7-19(23)8-12-20/h2-13,22H,14-15H2,1H3. The van der Waals surface area contributed by atoms with Gasteiger partial charge in [0.05, 0.1) is 15.0 Å². The molecule has 156 valence electrons. The lowest BCUT2D eigenvalue weighted by Crippen LogP contribution is -2.56. The predicted molar refractivity (Wildman–Crippen MR) is 113 cm³/mol. The molecule has 0 aromatic heterocycles. The van der Waals surface area contributed by atoms with Crippen LogP contribution in [0.3, 0.4) is 0 Å². The Morgan fingerprint density at radius 2 is 1.40 bits per heavy atom. The molecule has 3 aromatic carbocycles. The molecule has 8 heteroatoms. The highest BCUT2D eigenvalue weighted by Gasteiger charge is 2.44. The predicted octanol–water partition coefficient (Wildman–Crippen LogP) is 3.65. The molecular weight excluding hydrogens is 425 g/mol. The van der Waals surface area contributed by atoms with Gasteiger partial charge in [-0.1, -0.05) is 42.0 Å². The lowest BCUT2D eigenvalue weighted by atomic mass is 10.0. The third-order valence-corrected chi connectivity index (χ3v) is 9.19. The van der Waals surface area contributed by atoms with Crippen LogP contribution in [-0.2, 0) is 19.9 Å². The van der Waals surface area contributed by atoms with E-state index in [1.165, 1.54) is 24.3 Å². The van der Waals surface area contributed by atoms with Crippen LogP contribution in [0.5, 0.6) is 0 Å². The van der Waals surface area contributed by atoms with Gasteiger partial charge in [0.15, 0.2) is 9.84 Å². The highest BCUT2D eigenvalue weighted by molar-refractivity contribution is 7.92. The van der Waals surface area contributed by atoms with E-state index in [0.29, 0.717) is 0 Å². The van der Waals surface area contributed by atoms with E-state index in [0.717, 1.165) is 33.1 Å². The molecule has 1 heterocycles. The highest BCUT2D eigenvalue weighted by Crippen LogP contribution is 2.30. The van der Waals surface area contributed by atoms with Gasteiger partial charge in [-0.15, -0.1) is 0 Å². The highest BCUT2D eigenvalue weighted by atomic mass is 32.2. The van der Waals surface area contributed by atoms with E-state index in [-0.39, 0.29) is 22.9 Å². The summed E-state index contributed by atoms with van der Waals surface area (Å²) in [5.74, 6) is -0.527. The zero-order chi connectivity index (χ0) is 21.5. The van der Waals surface area contributed by atoms with E-state index in [1.54, 1.807) is 12.1 Å².